The van der Waals surface area contributed by atoms with E-state index in [1.807, 2.05) is 55.4 Å². The number of thiazole rings is 1. The normalized spacial score (nSPS) is 20.2. The Hall–Kier alpha value is -3.77. The van der Waals surface area contributed by atoms with Crippen LogP contribution in [0.1, 0.15) is 56.0 Å². The Kier molecular flexibility index (Phi) is 8.93. The Morgan fingerprint density at radius 3 is 2.50 bits per heavy atom. The molecule has 4 heterocycles. The van der Waals surface area contributed by atoms with Gasteiger partial charge < -0.3 is 29.9 Å². The topological polar surface area (TPSA) is 149 Å². The third-order valence-electron chi connectivity index (χ3n) is 8.22. The third kappa shape index (κ3) is 6.34. The van der Waals surface area contributed by atoms with Crippen LogP contribution in [0.4, 0.5) is 5.82 Å². The number of aliphatic hydroxyl groups excluding tert-OH is 1. The van der Waals surface area contributed by atoms with Crippen LogP contribution in [0.5, 0.6) is 0 Å². The third-order valence-corrected chi connectivity index (χ3v) is 9.19. The quantitative estimate of drug-likeness (QED) is 0.338. The number of aliphatic carboxylic acids is 1. The number of nitrogens with zero attached hydrogens (tertiary/aromatic N) is 4. The van der Waals surface area contributed by atoms with E-state index in [4.69, 9.17) is 4.52 Å². The fraction of sp³-hybridized carbons (Fsp3) is 0.500. The molecular formula is C30H37N5O6S. The van der Waals surface area contributed by atoms with Crippen LogP contribution in [0.25, 0.3) is 10.4 Å². The average Bonchev–Trinajstić information content (AvgIpc) is 3.72. The fourth-order valence-electron chi connectivity index (χ4n) is 5.81. The number of carboxylic acids is 1. The maximum atomic E-state index is 13.9. The van der Waals surface area contributed by atoms with Crippen LogP contribution < -0.4 is 10.2 Å². The largest absolute Gasteiger partial charge is 0.481 e. The number of likely N-dealkylation sites (tertiary alicyclic amines) is 1. The summed E-state index contributed by atoms with van der Waals surface area (Å²) < 4.78 is 5.65. The molecule has 2 aromatic heterocycles. The summed E-state index contributed by atoms with van der Waals surface area (Å²) in [6.45, 7) is 7.22. The number of aromatic nitrogens is 2. The van der Waals surface area contributed by atoms with Gasteiger partial charge in [0.25, 0.3) is 0 Å². The van der Waals surface area contributed by atoms with Gasteiger partial charge in [0.05, 0.1) is 28.1 Å². The molecule has 0 aliphatic carbocycles. The van der Waals surface area contributed by atoms with E-state index in [1.165, 1.54) is 4.90 Å². The molecule has 0 unspecified atom stereocenters. The number of aryl methyl sites for hydroxylation is 1. The molecule has 42 heavy (non-hydrogen) atoms. The highest BCUT2D eigenvalue weighted by Crippen LogP contribution is 2.34. The van der Waals surface area contributed by atoms with Crippen LogP contribution in [-0.2, 0) is 20.9 Å². The smallest absolute Gasteiger partial charge is 0.306 e. The summed E-state index contributed by atoms with van der Waals surface area (Å²) >= 11 is 1.58. The van der Waals surface area contributed by atoms with Crippen LogP contribution in [0.2, 0.25) is 0 Å². The first-order valence-corrected chi connectivity index (χ1v) is 15.2. The molecule has 1 aromatic carbocycles. The molecule has 5 rings (SSSR count). The van der Waals surface area contributed by atoms with Gasteiger partial charge in [-0.3, -0.25) is 14.4 Å². The number of hydrogen-bond acceptors (Lipinski definition) is 9. The van der Waals surface area contributed by atoms with Crippen molar-refractivity contribution in [2.75, 3.05) is 24.5 Å². The molecule has 224 valence electrons. The number of benzene rings is 1. The molecule has 3 N–H and O–H groups in total. The zero-order valence-corrected chi connectivity index (χ0v) is 24.8. The van der Waals surface area contributed by atoms with Gasteiger partial charge in [0, 0.05) is 38.7 Å². The highest BCUT2D eigenvalue weighted by Gasteiger charge is 2.43. The molecule has 0 bridgehead atoms. The van der Waals surface area contributed by atoms with Crippen molar-refractivity contribution in [3.05, 3.63) is 52.9 Å². The van der Waals surface area contributed by atoms with Gasteiger partial charge in [0.1, 0.15) is 12.0 Å². The Bertz CT molecular complexity index is 1410. The number of nitrogens with one attached hydrogen (secondary N) is 1. The van der Waals surface area contributed by atoms with E-state index in [2.05, 4.69) is 15.5 Å². The second-order valence-corrected chi connectivity index (χ2v) is 12.3. The Morgan fingerprint density at radius 1 is 1.17 bits per heavy atom. The van der Waals surface area contributed by atoms with E-state index in [1.54, 1.807) is 17.4 Å². The van der Waals surface area contributed by atoms with Gasteiger partial charge in [-0.15, -0.1) is 11.3 Å². The Labute approximate surface area is 248 Å². The standard InChI is InChI=1S/C30H37N5O6S/c1-17(2)26(24-13-25(33-41-24)34-10-8-21(9-11-34)30(39)40)29(38)35-15-22(36)12-23(35)28(37)31-14-19-4-6-20(7-5-19)27-18(3)32-16-42-27/h4-7,13,16-17,21-23,26,36H,8-12,14-15H2,1-3H3,(H,31,37)(H,39,40)/t22-,23+,26+/m1/s1. The van der Waals surface area contributed by atoms with E-state index in [0.29, 0.717) is 44.1 Å². The van der Waals surface area contributed by atoms with Crippen molar-refractivity contribution < 1.29 is 29.1 Å². The number of hydrogen-bond donors (Lipinski definition) is 3. The van der Waals surface area contributed by atoms with E-state index in [0.717, 1.165) is 21.7 Å². The lowest BCUT2D eigenvalue weighted by Gasteiger charge is -2.29. The van der Waals surface area contributed by atoms with Crippen molar-refractivity contribution in [2.24, 2.45) is 11.8 Å². The molecule has 2 fully saturated rings. The summed E-state index contributed by atoms with van der Waals surface area (Å²) in [5.74, 6) is -1.64. The molecule has 2 amide bonds. The summed E-state index contributed by atoms with van der Waals surface area (Å²) in [5.41, 5.74) is 4.79. The van der Waals surface area contributed by atoms with Crippen molar-refractivity contribution in [3.8, 4) is 10.4 Å². The highest BCUT2D eigenvalue weighted by atomic mass is 32.1. The number of carbonyl (C=O) groups is 3. The number of aliphatic hydroxyl groups is 1. The number of carboxylic acid groups (broad SMARTS) is 1. The van der Waals surface area contributed by atoms with Gasteiger partial charge >= 0.3 is 5.97 Å². The number of piperidine rings is 1. The second kappa shape index (κ2) is 12.6. The Morgan fingerprint density at radius 2 is 1.88 bits per heavy atom. The van der Waals surface area contributed by atoms with Gasteiger partial charge in [-0.05, 0) is 36.8 Å². The zero-order chi connectivity index (χ0) is 30.0. The predicted octanol–water partition coefficient (Wildman–Crippen LogP) is 3.43. The summed E-state index contributed by atoms with van der Waals surface area (Å²) in [5, 5.41) is 26.9. The van der Waals surface area contributed by atoms with Crippen molar-refractivity contribution >= 4 is 34.9 Å². The van der Waals surface area contributed by atoms with Gasteiger partial charge in [0.2, 0.25) is 11.8 Å². The minimum atomic E-state index is -0.805. The van der Waals surface area contributed by atoms with Crippen molar-refractivity contribution in [2.45, 2.75) is 64.6 Å². The lowest BCUT2D eigenvalue weighted by molar-refractivity contribution is -0.142. The minimum Gasteiger partial charge on any atom is -0.481 e. The van der Waals surface area contributed by atoms with Crippen molar-refractivity contribution in [1.29, 1.82) is 0 Å². The van der Waals surface area contributed by atoms with Crippen LogP contribution in [-0.4, -0.2) is 74.8 Å². The molecular weight excluding hydrogens is 558 g/mol. The van der Waals surface area contributed by atoms with E-state index >= 15 is 0 Å². The first-order chi connectivity index (χ1) is 20.1. The van der Waals surface area contributed by atoms with Gasteiger partial charge in [-0.1, -0.05) is 43.3 Å². The first kappa shape index (κ1) is 29.7. The predicted molar refractivity (Wildman–Crippen MR) is 157 cm³/mol. The van der Waals surface area contributed by atoms with Crippen molar-refractivity contribution in [1.82, 2.24) is 20.4 Å². The van der Waals surface area contributed by atoms with E-state index in [-0.39, 0.29) is 36.6 Å². The van der Waals surface area contributed by atoms with Crippen molar-refractivity contribution in [3.63, 3.8) is 0 Å². The lowest BCUT2D eigenvalue weighted by atomic mass is 9.91. The molecule has 0 spiro atoms. The van der Waals surface area contributed by atoms with Crippen LogP contribution in [0, 0.1) is 18.8 Å². The number of anilines is 1. The average molecular weight is 596 g/mol. The molecule has 3 atom stereocenters. The van der Waals surface area contributed by atoms with Crippen LogP contribution in [0.15, 0.2) is 40.4 Å². The molecule has 12 heteroatoms. The highest BCUT2D eigenvalue weighted by molar-refractivity contribution is 7.13. The first-order valence-electron chi connectivity index (χ1n) is 14.3. The monoisotopic (exact) mass is 595 g/mol. The summed E-state index contributed by atoms with van der Waals surface area (Å²) in [6, 6.07) is 8.87. The molecule has 2 aliphatic rings. The zero-order valence-electron chi connectivity index (χ0n) is 24.0. The van der Waals surface area contributed by atoms with Gasteiger partial charge in [-0.25, -0.2) is 4.98 Å². The summed E-state index contributed by atoms with van der Waals surface area (Å²) in [4.78, 5) is 47.3. The van der Waals surface area contributed by atoms with Crippen LogP contribution in [0.3, 0.4) is 0 Å². The van der Waals surface area contributed by atoms with Gasteiger partial charge in [-0.2, -0.15) is 0 Å². The summed E-state index contributed by atoms with van der Waals surface area (Å²) in [6.07, 6.45) is 0.386. The van der Waals surface area contributed by atoms with Crippen LogP contribution >= 0.6 is 11.3 Å². The number of β-amino-alcohol motifs (C(OH)–C–C–N with tert-alkyl or cyclic N) is 1. The van der Waals surface area contributed by atoms with E-state index < -0.39 is 24.0 Å². The number of carbonyl (C=O) groups excluding carboxylic acids is 2. The molecule has 11 nitrogen and oxygen atoms in total. The second-order valence-electron chi connectivity index (χ2n) is 11.5. The fourth-order valence-corrected chi connectivity index (χ4v) is 6.62. The maximum Gasteiger partial charge on any atom is 0.306 e. The lowest BCUT2D eigenvalue weighted by Crippen LogP contribution is -2.48. The number of amides is 2. The SMILES string of the molecule is Cc1ncsc1-c1ccc(CNC(=O)[C@@H]2C[C@@H](O)CN2C(=O)[C@H](c2cc(N3CCC(C(=O)O)CC3)no2)C(C)C)cc1. The summed E-state index contributed by atoms with van der Waals surface area (Å²) in [7, 11) is 0. The molecule has 0 radical (unpaired) electrons. The minimum absolute atomic E-state index is 0.0622. The maximum absolute atomic E-state index is 13.9. The van der Waals surface area contributed by atoms with Gasteiger partial charge in [0.15, 0.2) is 11.6 Å². The molecule has 0 saturated carbocycles. The Balaban J connectivity index is 1.24. The molecule has 2 aliphatic heterocycles. The molecule has 3 aromatic rings. The number of rotatable bonds is 9. The van der Waals surface area contributed by atoms with E-state index in [9.17, 15) is 24.6 Å². The molecule has 2 saturated heterocycles.